The van der Waals surface area contributed by atoms with Gasteiger partial charge in [-0.25, -0.2) is 4.79 Å². The molecule has 1 aromatic heterocycles. The first-order chi connectivity index (χ1) is 14.7. The second-order valence-electron chi connectivity index (χ2n) is 7.36. The Labute approximate surface area is 186 Å². The summed E-state index contributed by atoms with van der Waals surface area (Å²) in [5.74, 6) is -3.22. The van der Waals surface area contributed by atoms with Crippen molar-refractivity contribution in [2.75, 3.05) is 6.54 Å². The normalized spacial score (nSPS) is 14.4. The van der Waals surface area contributed by atoms with Gasteiger partial charge in [0.05, 0.1) is 16.6 Å². The molecule has 2 aromatic rings. The van der Waals surface area contributed by atoms with Crippen molar-refractivity contribution < 1.29 is 19.8 Å². The molecule has 0 radical (unpaired) electrons. The van der Waals surface area contributed by atoms with E-state index in [1.54, 1.807) is 6.07 Å². The summed E-state index contributed by atoms with van der Waals surface area (Å²) in [5.41, 5.74) is -1.86. The monoisotopic (exact) mass is 469 g/mol. The highest BCUT2D eigenvalue weighted by atomic mass is 35.5. The molecule has 3 N–H and O–H groups in total. The molecule has 166 valence electrons. The molecule has 3 rings (SSSR count). The van der Waals surface area contributed by atoms with Gasteiger partial charge in [-0.05, 0) is 30.5 Å². The van der Waals surface area contributed by atoms with E-state index in [0.29, 0.717) is 23.4 Å². The van der Waals surface area contributed by atoms with Crippen molar-refractivity contribution in [3.8, 4) is 5.88 Å². The van der Waals surface area contributed by atoms with Crippen LogP contribution in [0.25, 0.3) is 0 Å². The predicted molar refractivity (Wildman–Crippen MR) is 114 cm³/mol. The number of hydrogen-bond donors (Lipinski definition) is 3. The second kappa shape index (κ2) is 9.57. The second-order valence-corrected chi connectivity index (χ2v) is 8.17. The summed E-state index contributed by atoms with van der Waals surface area (Å²) in [6.07, 6.45) is 3.80. The van der Waals surface area contributed by atoms with Crippen molar-refractivity contribution in [3.05, 3.63) is 60.2 Å². The van der Waals surface area contributed by atoms with Gasteiger partial charge in [-0.1, -0.05) is 48.5 Å². The molecule has 1 aromatic carbocycles. The average molecular weight is 470 g/mol. The van der Waals surface area contributed by atoms with Crippen LogP contribution in [-0.4, -0.2) is 37.8 Å². The molecular formula is C20H21Cl2N3O6. The lowest BCUT2D eigenvalue weighted by molar-refractivity contribution is -0.135. The van der Waals surface area contributed by atoms with E-state index in [1.165, 1.54) is 12.1 Å². The van der Waals surface area contributed by atoms with Crippen LogP contribution in [0.15, 0.2) is 27.8 Å². The Morgan fingerprint density at radius 1 is 1.10 bits per heavy atom. The first kappa shape index (κ1) is 22.9. The van der Waals surface area contributed by atoms with Crippen LogP contribution in [0, 0.1) is 0 Å². The zero-order valence-corrected chi connectivity index (χ0v) is 17.9. The molecular weight excluding hydrogens is 449 g/mol. The highest BCUT2D eigenvalue weighted by Gasteiger charge is 2.28. The van der Waals surface area contributed by atoms with E-state index in [0.717, 1.165) is 28.4 Å². The van der Waals surface area contributed by atoms with E-state index in [-0.39, 0.29) is 11.6 Å². The summed E-state index contributed by atoms with van der Waals surface area (Å²) >= 11 is 12.0. The quantitative estimate of drug-likeness (QED) is 0.595. The summed E-state index contributed by atoms with van der Waals surface area (Å²) in [7, 11) is 0. The molecule has 1 aliphatic rings. The fourth-order valence-corrected chi connectivity index (χ4v) is 4.05. The van der Waals surface area contributed by atoms with E-state index >= 15 is 0 Å². The first-order valence-electron chi connectivity index (χ1n) is 9.73. The number of nitrogens with one attached hydrogen (secondary N) is 1. The summed E-state index contributed by atoms with van der Waals surface area (Å²) in [4.78, 5) is 49.6. The van der Waals surface area contributed by atoms with Gasteiger partial charge in [-0.2, -0.15) is 0 Å². The molecule has 0 saturated heterocycles. The number of hydrogen-bond acceptors (Lipinski definition) is 5. The number of carbonyl (C=O) groups is 2. The lowest BCUT2D eigenvalue weighted by atomic mass is 9.95. The third kappa shape index (κ3) is 4.94. The fraction of sp³-hybridized carbons (Fsp3) is 0.400. The maximum absolute atomic E-state index is 13.2. The zero-order valence-electron chi connectivity index (χ0n) is 16.4. The zero-order chi connectivity index (χ0) is 22.7. The van der Waals surface area contributed by atoms with Gasteiger partial charge in [-0.3, -0.25) is 23.5 Å². The third-order valence-corrected chi connectivity index (χ3v) is 5.98. The highest BCUT2D eigenvalue weighted by Crippen LogP contribution is 2.27. The molecule has 0 spiro atoms. The van der Waals surface area contributed by atoms with Gasteiger partial charge in [-0.15, -0.1) is 0 Å². The van der Waals surface area contributed by atoms with Crippen LogP contribution in [-0.2, 0) is 11.3 Å². The smallest absolute Gasteiger partial charge is 0.334 e. The molecule has 11 heteroatoms. The number of aromatic nitrogens is 2. The number of nitrogens with zero attached hydrogens (tertiary/aromatic N) is 2. The summed E-state index contributed by atoms with van der Waals surface area (Å²) in [6, 6.07) is 4.22. The number of carboxylic acid groups (broad SMARTS) is 1. The van der Waals surface area contributed by atoms with Crippen molar-refractivity contribution in [2.45, 2.75) is 44.7 Å². The van der Waals surface area contributed by atoms with Crippen LogP contribution in [0.1, 0.15) is 54.1 Å². The first-order valence-corrected chi connectivity index (χ1v) is 10.5. The van der Waals surface area contributed by atoms with Gasteiger partial charge in [0.15, 0.2) is 5.56 Å². The summed E-state index contributed by atoms with van der Waals surface area (Å²) in [5, 5.41) is 22.1. The number of rotatable bonds is 6. The van der Waals surface area contributed by atoms with Crippen molar-refractivity contribution in [1.29, 1.82) is 0 Å². The van der Waals surface area contributed by atoms with Gasteiger partial charge in [0.25, 0.3) is 11.5 Å². The Balaban J connectivity index is 2.15. The van der Waals surface area contributed by atoms with Gasteiger partial charge in [0.2, 0.25) is 5.88 Å². The molecule has 9 nitrogen and oxygen atoms in total. The number of benzene rings is 1. The summed E-state index contributed by atoms with van der Waals surface area (Å²) < 4.78 is 1.90. The lowest BCUT2D eigenvalue weighted by Gasteiger charge is -2.25. The van der Waals surface area contributed by atoms with Gasteiger partial charge in [0, 0.05) is 6.04 Å². The SMILES string of the molecule is O=C(O)CNC(=O)c1c(O)n(Cc2ccc(Cl)c(Cl)c2)c(=O)n(C2CCCCC2)c1=O. The van der Waals surface area contributed by atoms with E-state index in [1.807, 2.05) is 0 Å². The number of aromatic hydroxyl groups is 1. The van der Waals surface area contributed by atoms with Crippen LogP contribution in [0.3, 0.4) is 0 Å². The molecule has 0 unspecified atom stereocenters. The van der Waals surface area contributed by atoms with Crippen molar-refractivity contribution in [2.24, 2.45) is 0 Å². The standard InChI is InChI=1S/C20H21Cl2N3O6/c21-13-7-6-11(8-14(13)22)10-24-18(29)16(17(28)23-9-15(26)27)19(30)25(20(24)31)12-4-2-1-3-5-12/h6-8,12,29H,1-5,9-10H2,(H,23,28)(H,26,27). The Morgan fingerprint density at radius 2 is 1.77 bits per heavy atom. The largest absolute Gasteiger partial charge is 0.494 e. The Hall–Kier alpha value is -2.78. The van der Waals surface area contributed by atoms with E-state index < -0.39 is 47.2 Å². The number of carbonyl (C=O) groups excluding carboxylic acids is 1. The van der Waals surface area contributed by atoms with Gasteiger partial charge < -0.3 is 15.5 Å². The van der Waals surface area contributed by atoms with Gasteiger partial charge >= 0.3 is 11.7 Å². The van der Waals surface area contributed by atoms with Crippen LogP contribution in [0.2, 0.25) is 10.0 Å². The minimum absolute atomic E-state index is 0.173. The summed E-state index contributed by atoms with van der Waals surface area (Å²) in [6.45, 7) is -0.916. The number of aliphatic carboxylic acids is 1. The Bertz CT molecular complexity index is 1130. The van der Waals surface area contributed by atoms with Crippen LogP contribution in [0.4, 0.5) is 0 Å². The number of carboxylic acids is 1. The van der Waals surface area contributed by atoms with Crippen molar-refractivity contribution in [3.63, 3.8) is 0 Å². The van der Waals surface area contributed by atoms with Crippen molar-refractivity contribution in [1.82, 2.24) is 14.5 Å². The minimum Gasteiger partial charge on any atom is -0.494 e. The van der Waals surface area contributed by atoms with Crippen LogP contribution in [0.5, 0.6) is 5.88 Å². The molecule has 0 aliphatic heterocycles. The van der Waals surface area contributed by atoms with Gasteiger partial charge in [0.1, 0.15) is 6.54 Å². The molecule has 0 bridgehead atoms. The van der Waals surface area contributed by atoms with Crippen LogP contribution < -0.4 is 16.6 Å². The van der Waals surface area contributed by atoms with E-state index in [2.05, 4.69) is 5.32 Å². The molecule has 0 atom stereocenters. The molecule has 1 amide bonds. The van der Waals surface area contributed by atoms with Crippen molar-refractivity contribution >= 4 is 35.1 Å². The maximum atomic E-state index is 13.2. The minimum atomic E-state index is -1.32. The van der Waals surface area contributed by atoms with E-state index in [9.17, 15) is 24.3 Å². The Kier molecular flexibility index (Phi) is 7.07. The number of halogens is 2. The predicted octanol–water partition coefficient (Wildman–Crippen LogP) is 2.39. The number of amides is 1. The topological polar surface area (TPSA) is 131 Å². The molecule has 1 fully saturated rings. The maximum Gasteiger partial charge on any atom is 0.334 e. The molecule has 1 aliphatic carbocycles. The Morgan fingerprint density at radius 3 is 2.39 bits per heavy atom. The molecule has 31 heavy (non-hydrogen) atoms. The van der Waals surface area contributed by atoms with E-state index in [4.69, 9.17) is 28.3 Å². The van der Waals surface area contributed by atoms with Crippen LogP contribution >= 0.6 is 23.2 Å². The molecule has 1 heterocycles. The third-order valence-electron chi connectivity index (χ3n) is 5.24. The lowest BCUT2D eigenvalue weighted by Crippen LogP contribution is -2.47. The average Bonchev–Trinajstić information content (AvgIpc) is 2.73. The fourth-order valence-electron chi connectivity index (χ4n) is 3.73. The highest BCUT2D eigenvalue weighted by molar-refractivity contribution is 6.42. The molecule has 1 saturated carbocycles.